The molecule has 0 radical (unpaired) electrons. The fraction of sp³-hybridized carbons (Fsp3) is 0.154. The predicted octanol–water partition coefficient (Wildman–Crippen LogP) is 2.99. The van der Waals surface area contributed by atoms with E-state index >= 15 is 0 Å². The van der Waals surface area contributed by atoms with E-state index in [9.17, 15) is 9.59 Å². The van der Waals surface area contributed by atoms with Gasteiger partial charge in [0.2, 0.25) is 0 Å². The van der Waals surface area contributed by atoms with Crippen molar-refractivity contribution in [2.75, 3.05) is 18.8 Å². The van der Waals surface area contributed by atoms with Gasteiger partial charge >= 0.3 is 0 Å². The van der Waals surface area contributed by atoms with Crippen molar-refractivity contribution in [3.63, 3.8) is 0 Å². The number of aromatic nitrogens is 3. The third-order valence-corrected chi connectivity index (χ3v) is 5.92. The second-order valence-corrected chi connectivity index (χ2v) is 8.39. The van der Waals surface area contributed by atoms with Crippen LogP contribution in [0.1, 0.15) is 20.7 Å². The lowest BCUT2D eigenvalue weighted by atomic mass is 10.0. The molecule has 4 aromatic rings. The molecule has 5 rings (SSSR count). The number of anilines is 1. The van der Waals surface area contributed by atoms with Gasteiger partial charge in [0, 0.05) is 49.2 Å². The lowest BCUT2D eigenvalue weighted by molar-refractivity contribution is 0.0543. The van der Waals surface area contributed by atoms with Crippen LogP contribution in [0.2, 0.25) is 0 Å². The van der Waals surface area contributed by atoms with Crippen molar-refractivity contribution in [1.29, 1.82) is 0 Å². The van der Waals surface area contributed by atoms with E-state index in [1.54, 1.807) is 28.0 Å². The van der Waals surface area contributed by atoms with Gasteiger partial charge in [-0.2, -0.15) is 5.10 Å². The number of likely N-dealkylation sites (tertiary alicyclic amines) is 1. The number of nitrogens with zero attached hydrogens (tertiary/aromatic N) is 4. The van der Waals surface area contributed by atoms with Gasteiger partial charge in [0.1, 0.15) is 5.82 Å². The molecule has 8 heteroatoms. The first-order valence-electron chi connectivity index (χ1n) is 11.0. The number of hydrogen-bond donors (Lipinski definition) is 2. The van der Waals surface area contributed by atoms with Gasteiger partial charge in [-0.3, -0.25) is 14.3 Å². The number of carbonyl (C=O) groups is 2. The average molecular weight is 453 g/mol. The third kappa shape index (κ3) is 4.25. The minimum absolute atomic E-state index is 0.0527. The summed E-state index contributed by atoms with van der Waals surface area (Å²) in [7, 11) is 1.82. The Labute approximate surface area is 197 Å². The summed E-state index contributed by atoms with van der Waals surface area (Å²) < 4.78 is 1.68. The van der Waals surface area contributed by atoms with Crippen LogP contribution in [-0.2, 0) is 7.05 Å². The standard InChI is InChI=1S/C26H24N6O2/c1-31-14-21(13-29-31)20-11-23(24(27)28-12-20)25(33)30-22-15-32(16-22)26(34)19-9-5-8-18(10-19)17-6-3-2-4-7-17/h2-14,22H,15-16H2,1H3,(H2,27,28)(H,30,33). The molecule has 170 valence electrons. The van der Waals surface area contributed by atoms with Crippen LogP contribution in [-0.4, -0.2) is 50.6 Å². The minimum Gasteiger partial charge on any atom is -0.383 e. The highest BCUT2D eigenvalue weighted by Gasteiger charge is 2.33. The van der Waals surface area contributed by atoms with Crippen LogP contribution in [0.25, 0.3) is 22.3 Å². The van der Waals surface area contributed by atoms with E-state index in [1.165, 1.54) is 0 Å². The molecule has 34 heavy (non-hydrogen) atoms. The summed E-state index contributed by atoms with van der Waals surface area (Å²) in [6, 6.07) is 19.1. The van der Waals surface area contributed by atoms with E-state index in [0.29, 0.717) is 24.2 Å². The Hall–Kier alpha value is -4.46. The Morgan fingerprint density at radius 3 is 2.44 bits per heavy atom. The molecule has 2 aromatic heterocycles. The lowest BCUT2D eigenvalue weighted by Gasteiger charge is -2.39. The molecule has 3 heterocycles. The van der Waals surface area contributed by atoms with E-state index in [2.05, 4.69) is 15.4 Å². The molecule has 2 amide bonds. The summed E-state index contributed by atoms with van der Waals surface area (Å²) >= 11 is 0. The predicted molar refractivity (Wildman–Crippen MR) is 130 cm³/mol. The zero-order valence-electron chi connectivity index (χ0n) is 18.7. The van der Waals surface area contributed by atoms with Crippen LogP contribution in [0.3, 0.4) is 0 Å². The molecule has 1 aliphatic heterocycles. The molecule has 8 nitrogen and oxygen atoms in total. The summed E-state index contributed by atoms with van der Waals surface area (Å²) in [5, 5.41) is 7.11. The van der Waals surface area contributed by atoms with Gasteiger partial charge in [0.15, 0.2) is 0 Å². The first-order valence-corrected chi connectivity index (χ1v) is 11.0. The molecule has 3 N–H and O–H groups in total. The monoisotopic (exact) mass is 452 g/mol. The van der Waals surface area contributed by atoms with Gasteiger partial charge in [-0.25, -0.2) is 4.98 Å². The third-order valence-electron chi connectivity index (χ3n) is 5.92. The second-order valence-electron chi connectivity index (χ2n) is 8.39. The quantitative estimate of drug-likeness (QED) is 0.484. The Balaban J connectivity index is 1.22. The number of carbonyl (C=O) groups excluding carboxylic acids is 2. The van der Waals surface area contributed by atoms with Crippen LogP contribution >= 0.6 is 0 Å². The smallest absolute Gasteiger partial charge is 0.255 e. The summed E-state index contributed by atoms with van der Waals surface area (Å²) in [5.74, 6) is -0.197. The van der Waals surface area contributed by atoms with Crippen LogP contribution in [0.15, 0.2) is 79.3 Å². The number of benzene rings is 2. The van der Waals surface area contributed by atoms with Gasteiger partial charge in [-0.15, -0.1) is 0 Å². The van der Waals surface area contributed by atoms with Crippen molar-refractivity contribution >= 4 is 17.6 Å². The van der Waals surface area contributed by atoms with Crippen LogP contribution < -0.4 is 11.1 Å². The first-order chi connectivity index (χ1) is 16.5. The van der Waals surface area contributed by atoms with Crippen LogP contribution in [0.5, 0.6) is 0 Å². The summed E-state index contributed by atoms with van der Waals surface area (Å²) in [4.78, 5) is 31.7. The minimum atomic E-state index is -0.307. The molecular formula is C26H24N6O2. The molecule has 0 aliphatic carbocycles. The number of aryl methyl sites for hydroxylation is 1. The van der Waals surface area contributed by atoms with Crippen molar-refractivity contribution in [3.8, 4) is 22.3 Å². The first kappa shape index (κ1) is 21.4. The number of nitrogen functional groups attached to an aromatic ring is 1. The van der Waals surface area contributed by atoms with E-state index < -0.39 is 0 Å². The molecule has 0 unspecified atom stereocenters. The van der Waals surface area contributed by atoms with Crippen molar-refractivity contribution in [2.24, 2.45) is 7.05 Å². The molecule has 0 bridgehead atoms. The van der Waals surface area contributed by atoms with Crippen LogP contribution in [0, 0.1) is 0 Å². The zero-order chi connectivity index (χ0) is 23.7. The fourth-order valence-electron chi connectivity index (χ4n) is 4.03. The molecule has 0 saturated carbocycles. The number of pyridine rings is 1. The van der Waals surface area contributed by atoms with Crippen molar-refractivity contribution in [3.05, 3.63) is 90.4 Å². The number of nitrogens with two attached hydrogens (primary N) is 1. The number of amides is 2. The number of nitrogens with one attached hydrogen (secondary N) is 1. The van der Waals surface area contributed by atoms with E-state index in [1.807, 2.05) is 67.8 Å². The maximum atomic E-state index is 12.9. The van der Waals surface area contributed by atoms with Gasteiger partial charge < -0.3 is 16.0 Å². The largest absolute Gasteiger partial charge is 0.383 e. The van der Waals surface area contributed by atoms with E-state index in [4.69, 9.17) is 5.73 Å². The lowest BCUT2D eigenvalue weighted by Crippen LogP contribution is -2.61. The number of rotatable bonds is 5. The molecule has 1 saturated heterocycles. The summed E-state index contributed by atoms with van der Waals surface area (Å²) in [6.45, 7) is 0.880. The van der Waals surface area contributed by atoms with E-state index in [-0.39, 0.29) is 23.7 Å². The van der Waals surface area contributed by atoms with Crippen molar-refractivity contribution in [2.45, 2.75) is 6.04 Å². The van der Waals surface area contributed by atoms with Gasteiger partial charge in [0.25, 0.3) is 11.8 Å². The second kappa shape index (κ2) is 8.82. The molecule has 0 atom stereocenters. The van der Waals surface area contributed by atoms with Gasteiger partial charge in [-0.1, -0.05) is 42.5 Å². The highest BCUT2D eigenvalue weighted by atomic mass is 16.2. The average Bonchev–Trinajstić information content (AvgIpc) is 3.27. The maximum absolute atomic E-state index is 12.9. The van der Waals surface area contributed by atoms with E-state index in [0.717, 1.165) is 22.3 Å². The normalized spacial score (nSPS) is 13.4. The zero-order valence-corrected chi connectivity index (χ0v) is 18.7. The molecule has 0 spiro atoms. The van der Waals surface area contributed by atoms with Gasteiger partial charge in [0.05, 0.1) is 17.8 Å². The Bertz CT molecular complexity index is 1360. The SMILES string of the molecule is Cn1cc(-c2cnc(N)c(C(=O)NC3CN(C(=O)c4cccc(-c5ccccc5)c4)C3)c2)cn1. The Kier molecular flexibility index (Phi) is 5.55. The van der Waals surface area contributed by atoms with Gasteiger partial charge in [-0.05, 0) is 29.3 Å². The summed E-state index contributed by atoms with van der Waals surface area (Å²) in [5.41, 5.74) is 10.6. The fourth-order valence-corrected chi connectivity index (χ4v) is 4.03. The molecule has 1 fully saturated rings. The van der Waals surface area contributed by atoms with Crippen LogP contribution in [0.4, 0.5) is 5.82 Å². The highest BCUT2D eigenvalue weighted by Crippen LogP contribution is 2.24. The molecular weight excluding hydrogens is 428 g/mol. The highest BCUT2D eigenvalue weighted by molar-refractivity contribution is 6.00. The molecule has 2 aromatic carbocycles. The van der Waals surface area contributed by atoms with Crippen molar-refractivity contribution < 1.29 is 9.59 Å². The Morgan fingerprint density at radius 1 is 0.941 bits per heavy atom. The topological polar surface area (TPSA) is 106 Å². The Morgan fingerprint density at radius 2 is 1.71 bits per heavy atom. The molecule has 1 aliphatic rings. The maximum Gasteiger partial charge on any atom is 0.255 e. The van der Waals surface area contributed by atoms with Crippen molar-refractivity contribution in [1.82, 2.24) is 25.0 Å². The summed E-state index contributed by atoms with van der Waals surface area (Å²) in [6.07, 6.45) is 5.17. The number of hydrogen-bond acceptors (Lipinski definition) is 5.